The fourth-order valence-electron chi connectivity index (χ4n) is 2.04. The van der Waals surface area contributed by atoms with Gasteiger partial charge in [-0.1, -0.05) is 0 Å². The first kappa shape index (κ1) is 9.96. The van der Waals surface area contributed by atoms with E-state index in [9.17, 15) is 4.79 Å². The first-order valence-corrected chi connectivity index (χ1v) is 5.13. The highest BCUT2D eigenvalue weighted by Crippen LogP contribution is 2.31. The monoisotopic (exact) mass is 206 g/mol. The number of carboxylic acid groups (broad SMARTS) is 1. The van der Waals surface area contributed by atoms with E-state index < -0.39 is 5.97 Å². The molecule has 0 saturated heterocycles. The third-order valence-corrected chi connectivity index (χ3v) is 2.78. The zero-order chi connectivity index (χ0) is 10.8. The first-order valence-electron chi connectivity index (χ1n) is 5.13. The van der Waals surface area contributed by atoms with E-state index in [-0.39, 0.29) is 0 Å². The standard InChI is InChI=1S/C11H14N2O2/c1-13-7-8(6-12-13)9-4-2-3-5-10(9)11(14)15/h6-7H,2-5H2,1H3,(H,14,15). The van der Waals surface area contributed by atoms with Crippen molar-refractivity contribution in [2.45, 2.75) is 25.7 Å². The maximum atomic E-state index is 11.1. The van der Waals surface area contributed by atoms with Crippen molar-refractivity contribution in [1.29, 1.82) is 0 Å². The van der Waals surface area contributed by atoms with E-state index in [1.54, 1.807) is 10.9 Å². The van der Waals surface area contributed by atoms with Crippen molar-refractivity contribution in [2.24, 2.45) is 7.05 Å². The van der Waals surface area contributed by atoms with Crippen molar-refractivity contribution in [1.82, 2.24) is 9.78 Å². The number of carbonyl (C=O) groups is 1. The van der Waals surface area contributed by atoms with Crippen LogP contribution >= 0.6 is 0 Å². The van der Waals surface area contributed by atoms with Gasteiger partial charge in [-0.15, -0.1) is 0 Å². The van der Waals surface area contributed by atoms with Gasteiger partial charge in [-0.05, 0) is 31.3 Å². The molecule has 1 N–H and O–H groups in total. The second-order valence-corrected chi connectivity index (χ2v) is 3.87. The molecule has 1 aliphatic carbocycles. The van der Waals surface area contributed by atoms with Crippen molar-refractivity contribution in [2.75, 3.05) is 0 Å². The summed E-state index contributed by atoms with van der Waals surface area (Å²) in [6.45, 7) is 0. The average molecular weight is 206 g/mol. The molecule has 1 aromatic heterocycles. The summed E-state index contributed by atoms with van der Waals surface area (Å²) in [4.78, 5) is 11.1. The van der Waals surface area contributed by atoms with Crippen LogP contribution in [0.3, 0.4) is 0 Å². The van der Waals surface area contributed by atoms with Crippen LogP contribution in [0.25, 0.3) is 5.57 Å². The molecule has 0 saturated carbocycles. The Kier molecular flexibility index (Phi) is 2.58. The Bertz CT molecular complexity index is 418. The summed E-state index contributed by atoms with van der Waals surface area (Å²) in [6.07, 6.45) is 7.20. The molecule has 1 aliphatic rings. The molecule has 0 fully saturated rings. The minimum atomic E-state index is -0.784. The highest BCUT2D eigenvalue weighted by molar-refractivity contribution is 5.96. The van der Waals surface area contributed by atoms with E-state index in [1.165, 1.54) is 0 Å². The SMILES string of the molecule is Cn1cc(C2=C(C(=O)O)CCCC2)cn1. The summed E-state index contributed by atoms with van der Waals surface area (Å²) >= 11 is 0. The minimum Gasteiger partial charge on any atom is -0.478 e. The summed E-state index contributed by atoms with van der Waals surface area (Å²) in [5.74, 6) is -0.784. The number of rotatable bonds is 2. The molecule has 1 aromatic rings. The third-order valence-electron chi connectivity index (χ3n) is 2.78. The Balaban J connectivity index is 2.43. The maximum Gasteiger partial charge on any atom is 0.331 e. The lowest BCUT2D eigenvalue weighted by Gasteiger charge is -2.16. The van der Waals surface area contributed by atoms with Gasteiger partial charge in [-0.2, -0.15) is 5.10 Å². The summed E-state index contributed by atoms with van der Waals surface area (Å²) in [7, 11) is 1.84. The molecule has 0 radical (unpaired) electrons. The molecule has 80 valence electrons. The molecular weight excluding hydrogens is 192 g/mol. The van der Waals surface area contributed by atoms with Crippen molar-refractivity contribution in [3.8, 4) is 0 Å². The fraction of sp³-hybridized carbons (Fsp3) is 0.455. The van der Waals surface area contributed by atoms with Crippen molar-refractivity contribution >= 4 is 11.5 Å². The first-order chi connectivity index (χ1) is 7.18. The van der Waals surface area contributed by atoms with E-state index in [0.29, 0.717) is 12.0 Å². The zero-order valence-electron chi connectivity index (χ0n) is 8.73. The molecule has 0 aromatic carbocycles. The Morgan fingerprint density at radius 2 is 2.20 bits per heavy atom. The Morgan fingerprint density at radius 1 is 1.47 bits per heavy atom. The normalized spacial score (nSPS) is 16.9. The summed E-state index contributed by atoms with van der Waals surface area (Å²) in [5.41, 5.74) is 2.48. The number of allylic oxidation sites excluding steroid dienone is 1. The van der Waals surface area contributed by atoms with Crippen LogP contribution in [0.4, 0.5) is 0 Å². The lowest BCUT2D eigenvalue weighted by molar-refractivity contribution is -0.132. The van der Waals surface area contributed by atoms with Crippen molar-refractivity contribution in [3.63, 3.8) is 0 Å². The van der Waals surface area contributed by atoms with Gasteiger partial charge in [0, 0.05) is 24.4 Å². The van der Waals surface area contributed by atoms with Crippen molar-refractivity contribution < 1.29 is 9.90 Å². The van der Waals surface area contributed by atoms with Gasteiger partial charge in [0.25, 0.3) is 0 Å². The van der Waals surface area contributed by atoms with Gasteiger partial charge in [0.2, 0.25) is 0 Å². The molecule has 4 heteroatoms. The van der Waals surface area contributed by atoms with E-state index in [4.69, 9.17) is 5.11 Å². The number of hydrogen-bond donors (Lipinski definition) is 1. The van der Waals surface area contributed by atoms with E-state index in [2.05, 4.69) is 5.10 Å². The number of nitrogens with zero attached hydrogens (tertiary/aromatic N) is 2. The van der Waals surface area contributed by atoms with Crippen LogP contribution in [0.5, 0.6) is 0 Å². The minimum absolute atomic E-state index is 0.564. The van der Waals surface area contributed by atoms with Gasteiger partial charge >= 0.3 is 5.97 Å². The number of aliphatic carboxylic acids is 1. The molecule has 0 atom stereocenters. The summed E-state index contributed by atoms with van der Waals surface area (Å²) < 4.78 is 1.70. The predicted octanol–water partition coefficient (Wildman–Crippen LogP) is 1.83. The van der Waals surface area contributed by atoms with E-state index in [0.717, 1.165) is 30.4 Å². The molecule has 0 bridgehead atoms. The smallest absolute Gasteiger partial charge is 0.331 e. The fourth-order valence-corrected chi connectivity index (χ4v) is 2.04. The quantitative estimate of drug-likeness (QED) is 0.803. The van der Waals surface area contributed by atoms with Gasteiger partial charge in [0.1, 0.15) is 0 Å². The molecule has 0 unspecified atom stereocenters. The van der Waals surface area contributed by atoms with Crippen LogP contribution in [0, 0.1) is 0 Å². The zero-order valence-corrected chi connectivity index (χ0v) is 8.73. The maximum absolute atomic E-state index is 11.1. The van der Waals surface area contributed by atoms with Gasteiger partial charge < -0.3 is 5.11 Å². The van der Waals surface area contributed by atoms with Gasteiger partial charge in [-0.25, -0.2) is 4.79 Å². The molecule has 15 heavy (non-hydrogen) atoms. The highest BCUT2D eigenvalue weighted by Gasteiger charge is 2.20. The number of hydrogen-bond acceptors (Lipinski definition) is 2. The Morgan fingerprint density at radius 3 is 2.80 bits per heavy atom. The lowest BCUT2D eigenvalue weighted by Crippen LogP contribution is -2.08. The molecule has 2 rings (SSSR count). The van der Waals surface area contributed by atoms with Crippen LogP contribution in [0.15, 0.2) is 18.0 Å². The van der Waals surface area contributed by atoms with Gasteiger partial charge in [0.05, 0.1) is 6.20 Å². The lowest BCUT2D eigenvalue weighted by atomic mass is 9.89. The highest BCUT2D eigenvalue weighted by atomic mass is 16.4. The third kappa shape index (κ3) is 1.93. The van der Waals surface area contributed by atoms with Crippen LogP contribution in [-0.2, 0) is 11.8 Å². The summed E-state index contributed by atoms with van der Waals surface area (Å²) in [6, 6.07) is 0. The second kappa shape index (κ2) is 3.88. The molecule has 0 amide bonds. The number of aryl methyl sites for hydroxylation is 1. The molecule has 1 heterocycles. The number of carboxylic acids is 1. The van der Waals surface area contributed by atoms with Gasteiger partial charge in [-0.3, -0.25) is 4.68 Å². The Labute approximate surface area is 88.2 Å². The van der Waals surface area contributed by atoms with Crippen LogP contribution in [-0.4, -0.2) is 20.9 Å². The molecular formula is C11H14N2O2. The largest absolute Gasteiger partial charge is 0.478 e. The Hall–Kier alpha value is -1.58. The van der Waals surface area contributed by atoms with Crippen LogP contribution < -0.4 is 0 Å². The second-order valence-electron chi connectivity index (χ2n) is 3.87. The van der Waals surface area contributed by atoms with Crippen molar-refractivity contribution in [3.05, 3.63) is 23.5 Å². The number of aromatic nitrogens is 2. The topological polar surface area (TPSA) is 55.1 Å². The van der Waals surface area contributed by atoms with Crippen LogP contribution in [0.2, 0.25) is 0 Å². The van der Waals surface area contributed by atoms with E-state index >= 15 is 0 Å². The van der Waals surface area contributed by atoms with Gasteiger partial charge in [0.15, 0.2) is 0 Å². The molecule has 4 nitrogen and oxygen atoms in total. The summed E-state index contributed by atoms with van der Waals surface area (Å²) in [5, 5.41) is 13.2. The average Bonchev–Trinajstić information content (AvgIpc) is 2.65. The van der Waals surface area contributed by atoms with Crippen LogP contribution in [0.1, 0.15) is 31.2 Å². The molecule has 0 aliphatic heterocycles. The molecule has 0 spiro atoms. The van der Waals surface area contributed by atoms with E-state index in [1.807, 2.05) is 13.2 Å². The predicted molar refractivity (Wildman–Crippen MR) is 56.2 cm³/mol.